The number of rotatable bonds is 2. The van der Waals surface area contributed by atoms with Crippen LogP contribution < -0.4 is 0 Å². The molecule has 1 atom stereocenters. The zero-order valence-corrected chi connectivity index (χ0v) is 13.7. The summed E-state index contributed by atoms with van der Waals surface area (Å²) in [5.74, 6) is 1.63. The molecule has 0 unspecified atom stereocenters. The highest BCUT2D eigenvalue weighted by Crippen LogP contribution is 2.40. The van der Waals surface area contributed by atoms with Crippen molar-refractivity contribution in [2.45, 2.75) is 51.4 Å². The predicted octanol–water partition coefficient (Wildman–Crippen LogP) is 2.76. The fourth-order valence-electron chi connectivity index (χ4n) is 3.85. The Morgan fingerprint density at radius 3 is 2.71 bits per heavy atom. The number of H-pyrrole nitrogens is 1. The van der Waals surface area contributed by atoms with Crippen LogP contribution in [0.3, 0.4) is 0 Å². The number of hydrogen-bond acceptors (Lipinski definition) is 3. The molecule has 1 saturated heterocycles. The number of amides is 1. The fourth-order valence-corrected chi connectivity index (χ4v) is 3.99. The molecule has 0 radical (unpaired) electrons. The third-order valence-electron chi connectivity index (χ3n) is 5.21. The number of aromatic nitrogens is 3. The van der Waals surface area contributed by atoms with Crippen LogP contribution in [0.5, 0.6) is 0 Å². The van der Waals surface area contributed by atoms with Gasteiger partial charge in [0.1, 0.15) is 5.82 Å². The van der Waals surface area contributed by atoms with Gasteiger partial charge in [-0.05, 0) is 37.9 Å². The standard InChI is InChI=1S/C15H24N4OS/c1-15(7-3-4-8-15)13(20)19-9-5-6-11(10-19)12-16-17-14(21)18(12)2/h11H,3-10H2,1-2H3,(H,17,21)/t11-/m1/s1. The molecule has 3 rings (SSSR count). The Morgan fingerprint density at radius 2 is 2.10 bits per heavy atom. The molecule has 2 heterocycles. The van der Waals surface area contributed by atoms with Crippen molar-refractivity contribution in [3.8, 4) is 0 Å². The van der Waals surface area contributed by atoms with Crippen LogP contribution in [0.1, 0.15) is 57.2 Å². The number of carbonyl (C=O) groups is 1. The zero-order chi connectivity index (χ0) is 15.0. The SMILES string of the molecule is Cn1c([C@@H]2CCCN(C(=O)C3(C)CCCC3)C2)n[nH]c1=S. The van der Waals surface area contributed by atoms with Gasteiger partial charge >= 0.3 is 0 Å². The van der Waals surface area contributed by atoms with Crippen molar-refractivity contribution in [2.75, 3.05) is 13.1 Å². The lowest BCUT2D eigenvalue weighted by Gasteiger charge is -2.37. The highest BCUT2D eigenvalue weighted by molar-refractivity contribution is 7.71. The third-order valence-corrected chi connectivity index (χ3v) is 5.58. The van der Waals surface area contributed by atoms with E-state index in [-0.39, 0.29) is 5.41 Å². The Bertz CT molecular complexity index is 585. The third kappa shape index (κ3) is 2.65. The zero-order valence-electron chi connectivity index (χ0n) is 12.9. The van der Waals surface area contributed by atoms with E-state index in [2.05, 4.69) is 22.0 Å². The molecule has 0 spiro atoms. The number of carbonyl (C=O) groups excluding carboxylic acids is 1. The Hall–Kier alpha value is -1.17. The molecular formula is C15H24N4OS. The first kappa shape index (κ1) is 14.8. The summed E-state index contributed by atoms with van der Waals surface area (Å²) in [5, 5.41) is 7.21. The lowest BCUT2D eigenvalue weighted by molar-refractivity contribution is -0.142. The van der Waals surface area contributed by atoms with Gasteiger partial charge in [-0.15, -0.1) is 0 Å². The smallest absolute Gasteiger partial charge is 0.228 e. The number of nitrogens with one attached hydrogen (secondary N) is 1. The normalized spacial score (nSPS) is 25.2. The second-order valence-electron chi connectivity index (χ2n) is 6.80. The van der Waals surface area contributed by atoms with Gasteiger partial charge < -0.3 is 9.47 Å². The highest BCUT2D eigenvalue weighted by atomic mass is 32.1. The minimum absolute atomic E-state index is 0.126. The van der Waals surface area contributed by atoms with E-state index >= 15 is 0 Å². The first-order valence-corrected chi connectivity index (χ1v) is 8.33. The molecular weight excluding hydrogens is 284 g/mol. The molecule has 1 aliphatic heterocycles. The fraction of sp³-hybridized carbons (Fsp3) is 0.800. The van der Waals surface area contributed by atoms with E-state index in [1.165, 1.54) is 12.8 Å². The van der Waals surface area contributed by atoms with Gasteiger partial charge in [0.15, 0.2) is 4.77 Å². The van der Waals surface area contributed by atoms with Crippen molar-refractivity contribution < 1.29 is 4.79 Å². The summed E-state index contributed by atoms with van der Waals surface area (Å²) in [6, 6.07) is 0. The highest BCUT2D eigenvalue weighted by Gasteiger charge is 2.40. The average molecular weight is 308 g/mol. The topological polar surface area (TPSA) is 53.9 Å². The summed E-state index contributed by atoms with van der Waals surface area (Å²) in [6.45, 7) is 3.81. The molecule has 0 aromatic carbocycles. The van der Waals surface area contributed by atoms with E-state index in [0.29, 0.717) is 16.6 Å². The second-order valence-corrected chi connectivity index (χ2v) is 7.19. The van der Waals surface area contributed by atoms with Crippen molar-refractivity contribution in [3.63, 3.8) is 0 Å². The molecule has 116 valence electrons. The molecule has 2 aliphatic rings. The van der Waals surface area contributed by atoms with Crippen LogP contribution in [-0.2, 0) is 11.8 Å². The molecule has 5 nitrogen and oxygen atoms in total. The van der Waals surface area contributed by atoms with Gasteiger partial charge in [0.25, 0.3) is 0 Å². The molecule has 6 heteroatoms. The first-order chi connectivity index (χ1) is 10.0. The van der Waals surface area contributed by atoms with E-state index in [4.69, 9.17) is 12.2 Å². The van der Waals surface area contributed by atoms with E-state index in [1.807, 2.05) is 11.6 Å². The predicted molar refractivity (Wildman–Crippen MR) is 83.5 cm³/mol. The number of nitrogens with zero attached hydrogens (tertiary/aromatic N) is 3. The van der Waals surface area contributed by atoms with Gasteiger partial charge in [-0.25, -0.2) is 0 Å². The first-order valence-electron chi connectivity index (χ1n) is 7.92. The monoisotopic (exact) mass is 308 g/mol. The molecule has 1 aromatic rings. The van der Waals surface area contributed by atoms with Crippen molar-refractivity contribution in [1.82, 2.24) is 19.7 Å². The van der Waals surface area contributed by atoms with Gasteiger partial charge in [-0.2, -0.15) is 5.10 Å². The summed E-state index contributed by atoms with van der Waals surface area (Å²) in [6.07, 6.45) is 6.58. The van der Waals surface area contributed by atoms with Crippen LogP contribution in [0.15, 0.2) is 0 Å². The molecule has 1 saturated carbocycles. The number of likely N-dealkylation sites (tertiary alicyclic amines) is 1. The van der Waals surface area contributed by atoms with Crippen molar-refractivity contribution >= 4 is 18.1 Å². The molecule has 1 aromatic heterocycles. The molecule has 1 amide bonds. The van der Waals surface area contributed by atoms with Crippen molar-refractivity contribution in [1.29, 1.82) is 0 Å². The summed E-state index contributed by atoms with van der Waals surface area (Å²) < 4.78 is 2.59. The van der Waals surface area contributed by atoms with E-state index in [9.17, 15) is 4.79 Å². The summed E-state index contributed by atoms with van der Waals surface area (Å²) in [4.78, 5) is 14.9. The van der Waals surface area contributed by atoms with Crippen LogP contribution in [-0.4, -0.2) is 38.7 Å². The largest absolute Gasteiger partial charge is 0.341 e. The van der Waals surface area contributed by atoms with Gasteiger partial charge in [-0.3, -0.25) is 9.89 Å². The molecule has 2 fully saturated rings. The van der Waals surface area contributed by atoms with Gasteiger partial charge in [-0.1, -0.05) is 19.8 Å². The molecule has 1 aliphatic carbocycles. The molecule has 0 bridgehead atoms. The number of hydrogen-bond donors (Lipinski definition) is 1. The Labute approximate surface area is 130 Å². The van der Waals surface area contributed by atoms with Crippen LogP contribution in [0.4, 0.5) is 0 Å². The van der Waals surface area contributed by atoms with Crippen molar-refractivity contribution in [2.24, 2.45) is 12.5 Å². The van der Waals surface area contributed by atoms with Gasteiger partial charge in [0.2, 0.25) is 5.91 Å². The molecule has 1 N–H and O–H groups in total. The van der Waals surface area contributed by atoms with Gasteiger partial charge in [0.05, 0.1) is 0 Å². The lowest BCUT2D eigenvalue weighted by Crippen LogP contribution is -2.46. The summed E-state index contributed by atoms with van der Waals surface area (Å²) >= 11 is 5.19. The Morgan fingerprint density at radius 1 is 1.38 bits per heavy atom. The van der Waals surface area contributed by atoms with Crippen molar-refractivity contribution in [3.05, 3.63) is 10.6 Å². The van der Waals surface area contributed by atoms with E-state index in [0.717, 1.165) is 44.6 Å². The van der Waals surface area contributed by atoms with E-state index in [1.54, 1.807) is 0 Å². The van der Waals surface area contributed by atoms with Crippen LogP contribution in [0.25, 0.3) is 0 Å². The Balaban J connectivity index is 1.75. The quantitative estimate of drug-likeness (QED) is 0.855. The van der Waals surface area contributed by atoms with Gasteiger partial charge in [0, 0.05) is 31.5 Å². The second kappa shape index (κ2) is 5.55. The van der Waals surface area contributed by atoms with Crippen LogP contribution in [0.2, 0.25) is 0 Å². The Kier molecular flexibility index (Phi) is 3.90. The summed E-state index contributed by atoms with van der Waals surface area (Å²) in [7, 11) is 1.94. The lowest BCUT2D eigenvalue weighted by atomic mass is 9.85. The maximum absolute atomic E-state index is 12.9. The maximum Gasteiger partial charge on any atom is 0.228 e. The van der Waals surface area contributed by atoms with Crippen LogP contribution in [0, 0.1) is 10.2 Å². The minimum Gasteiger partial charge on any atom is -0.341 e. The minimum atomic E-state index is -0.126. The van der Waals surface area contributed by atoms with E-state index < -0.39 is 0 Å². The molecule has 21 heavy (non-hydrogen) atoms. The summed E-state index contributed by atoms with van der Waals surface area (Å²) in [5.41, 5.74) is -0.126. The number of aromatic amines is 1. The van der Waals surface area contributed by atoms with Crippen LogP contribution >= 0.6 is 12.2 Å². The maximum atomic E-state index is 12.9. The average Bonchev–Trinajstić information content (AvgIpc) is 3.07. The number of piperidine rings is 1.